The van der Waals surface area contributed by atoms with Crippen molar-refractivity contribution < 1.29 is 0 Å². The fourth-order valence-electron chi connectivity index (χ4n) is 1.50. The number of rotatable bonds is 1. The molecular formula is C10H7N3OS2. The molecule has 0 bridgehead atoms. The van der Waals surface area contributed by atoms with Gasteiger partial charge in [0.25, 0.3) is 5.56 Å². The molecular weight excluding hydrogens is 242 g/mol. The average molecular weight is 249 g/mol. The summed E-state index contributed by atoms with van der Waals surface area (Å²) in [7, 11) is 0. The molecule has 3 aromatic rings. The number of fused-ring (bicyclic) bond motifs is 1. The maximum Gasteiger partial charge on any atom is 0.290 e. The Morgan fingerprint density at radius 3 is 2.88 bits per heavy atom. The molecule has 0 unspecified atom stereocenters. The highest BCUT2D eigenvalue weighted by atomic mass is 32.1. The molecule has 0 spiro atoms. The van der Waals surface area contributed by atoms with Crippen molar-refractivity contribution in [3.05, 3.63) is 39.3 Å². The van der Waals surface area contributed by atoms with Crippen LogP contribution in [-0.2, 0) is 0 Å². The smallest absolute Gasteiger partial charge is 0.290 e. The quantitative estimate of drug-likeness (QED) is 0.670. The molecule has 0 aliphatic carbocycles. The molecule has 0 aliphatic heterocycles. The number of hydrogen-bond donors (Lipinski definition) is 1. The van der Waals surface area contributed by atoms with E-state index in [0.29, 0.717) is 16.0 Å². The number of nitrogens with zero attached hydrogens (tertiary/aromatic N) is 2. The van der Waals surface area contributed by atoms with Crippen LogP contribution in [0.1, 0.15) is 0 Å². The van der Waals surface area contributed by atoms with Crippen LogP contribution in [-0.4, -0.2) is 9.66 Å². The summed E-state index contributed by atoms with van der Waals surface area (Å²) in [5, 5.41) is 3.77. The van der Waals surface area contributed by atoms with Crippen LogP contribution in [0.2, 0.25) is 0 Å². The van der Waals surface area contributed by atoms with Gasteiger partial charge in [-0.3, -0.25) is 4.79 Å². The van der Waals surface area contributed by atoms with Crippen molar-refractivity contribution in [2.75, 3.05) is 5.84 Å². The Labute approximate surface area is 98.6 Å². The first kappa shape index (κ1) is 9.56. The van der Waals surface area contributed by atoms with Gasteiger partial charge in [-0.1, -0.05) is 6.07 Å². The van der Waals surface area contributed by atoms with Gasteiger partial charge in [-0.25, -0.2) is 9.66 Å². The molecule has 16 heavy (non-hydrogen) atoms. The highest BCUT2D eigenvalue weighted by molar-refractivity contribution is 7.17. The monoisotopic (exact) mass is 249 g/mol. The summed E-state index contributed by atoms with van der Waals surface area (Å²) in [6.07, 6.45) is 0. The van der Waals surface area contributed by atoms with Crippen LogP contribution in [0.3, 0.4) is 0 Å². The molecule has 80 valence electrons. The lowest BCUT2D eigenvalue weighted by molar-refractivity contribution is 0.934. The van der Waals surface area contributed by atoms with E-state index in [9.17, 15) is 4.79 Å². The van der Waals surface area contributed by atoms with Gasteiger partial charge >= 0.3 is 0 Å². The van der Waals surface area contributed by atoms with Crippen molar-refractivity contribution >= 4 is 32.9 Å². The van der Waals surface area contributed by atoms with Gasteiger partial charge in [0.15, 0.2) is 5.82 Å². The highest BCUT2D eigenvalue weighted by Crippen LogP contribution is 2.23. The van der Waals surface area contributed by atoms with Gasteiger partial charge < -0.3 is 5.84 Å². The zero-order valence-corrected chi connectivity index (χ0v) is 9.72. The first-order chi connectivity index (χ1) is 7.77. The van der Waals surface area contributed by atoms with Gasteiger partial charge in [0.2, 0.25) is 0 Å². The van der Waals surface area contributed by atoms with Crippen LogP contribution < -0.4 is 11.4 Å². The van der Waals surface area contributed by atoms with Gasteiger partial charge in [-0.05, 0) is 22.9 Å². The second-order valence-electron chi connectivity index (χ2n) is 3.22. The lowest BCUT2D eigenvalue weighted by Crippen LogP contribution is -2.29. The van der Waals surface area contributed by atoms with Crippen molar-refractivity contribution in [3.63, 3.8) is 0 Å². The van der Waals surface area contributed by atoms with Crippen molar-refractivity contribution in [3.8, 4) is 10.7 Å². The minimum Gasteiger partial charge on any atom is -0.334 e. The Morgan fingerprint density at radius 2 is 2.12 bits per heavy atom. The standard InChI is InChI=1S/C10H7N3OS2/c11-13-9(7-2-1-4-15-7)12-6-3-5-16-8(6)10(13)14/h1-5H,11H2. The third kappa shape index (κ3) is 1.27. The molecule has 0 fully saturated rings. The molecule has 0 aromatic carbocycles. The Balaban J connectivity index is 2.42. The second kappa shape index (κ2) is 3.43. The van der Waals surface area contributed by atoms with Crippen LogP contribution in [0.5, 0.6) is 0 Å². The lowest BCUT2D eigenvalue weighted by Gasteiger charge is -2.04. The molecule has 0 saturated heterocycles. The number of thiophene rings is 2. The molecule has 0 amide bonds. The predicted octanol–water partition coefficient (Wildman–Crippen LogP) is 1.90. The minimum atomic E-state index is -0.191. The van der Waals surface area contributed by atoms with Gasteiger partial charge in [-0.15, -0.1) is 22.7 Å². The molecule has 6 heteroatoms. The van der Waals surface area contributed by atoms with E-state index in [4.69, 9.17) is 5.84 Å². The Bertz CT molecular complexity index is 696. The number of nitrogen functional groups attached to an aromatic ring is 1. The molecule has 2 N–H and O–H groups in total. The fraction of sp³-hybridized carbons (Fsp3) is 0. The number of nitrogens with two attached hydrogens (primary N) is 1. The average Bonchev–Trinajstić information content (AvgIpc) is 2.92. The van der Waals surface area contributed by atoms with Crippen LogP contribution in [0.4, 0.5) is 0 Å². The van der Waals surface area contributed by atoms with E-state index in [1.165, 1.54) is 22.7 Å². The Morgan fingerprint density at radius 1 is 1.25 bits per heavy atom. The van der Waals surface area contributed by atoms with Crippen molar-refractivity contribution in [2.45, 2.75) is 0 Å². The van der Waals surface area contributed by atoms with Gasteiger partial charge in [0, 0.05) is 0 Å². The van der Waals surface area contributed by atoms with Crippen molar-refractivity contribution in [1.82, 2.24) is 9.66 Å². The summed E-state index contributed by atoms with van der Waals surface area (Å²) in [6.45, 7) is 0. The summed E-state index contributed by atoms with van der Waals surface area (Å²) in [6, 6.07) is 5.64. The molecule has 3 aromatic heterocycles. The predicted molar refractivity (Wildman–Crippen MR) is 67.3 cm³/mol. The zero-order chi connectivity index (χ0) is 11.1. The maximum absolute atomic E-state index is 11.9. The Kier molecular flexibility index (Phi) is 2.05. The van der Waals surface area contributed by atoms with Gasteiger partial charge in [0.05, 0.1) is 10.4 Å². The van der Waals surface area contributed by atoms with E-state index >= 15 is 0 Å². The van der Waals surface area contributed by atoms with E-state index in [1.807, 2.05) is 29.0 Å². The van der Waals surface area contributed by atoms with E-state index in [0.717, 1.165) is 9.55 Å². The fourth-order valence-corrected chi connectivity index (χ4v) is 2.98. The van der Waals surface area contributed by atoms with E-state index in [2.05, 4.69) is 4.98 Å². The lowest BCUT2D eigenvalue weighted by atomic mass is 10.4. The van der Waals surface area contributed by atoms with Crippen LogP contribution in [0.25, 0.3) is 20.9 Å². The molecule has 4 nitrogen and oxygen atoms in total. The minimum absolute atomic E-state index is 0.191. The summed E-state index contributed by atoms with van der Waals surface area (Å²) in [4.78, 5) is 17.2. The summed E-state index contributed by atoms with van der Waals surface area (Å²) in [5.41, 5.74) is 0.517. The van der Waals surface area contributed by atoms with E-state index < -0.39 is 0 Å². The topological polar surface area (TPSA) is 60.9 Å². The normalized spacial score (nSPS) is 11.0. The molecule has 0 radical (unpaired) electrons. The second-order valence-corrected chi connectivity index (χ2v) is 5.09. The van der Waals surface area contributed by atoms with Crippen LogP contribution >= 0.6 is 22.7 Å². The summed E-state index contributed by atoms with van der Waals surface area (Å²) < 4.78 is 1.72. The van der Waals surface area contributed by atoms with Gasteiger partial charge in [-0.2, -0.15) is 0 Å². The SMILES string of the molecule is Nn1c(-c2cccs2)nc2ccsc2c1=O. The van der Waals surface area contributed by atoms with E-state index in [1.54, 1.807) is 0 Å². The molecule has 0 atom stereocenters. The van der Waals surface area contributed by atoms with Crippen molar-refractivity contribution in [1.29, 1.82) is 0 Å². The van der Waals surface area contributed by atoms with Gasteiger partial charge in [0.1, 0.15) is 4.70 Å². The number of hydrogen-bond acceptors (Lipinski definition) is 5. The third-order valence-corrected chi connectivity index (χ3v) is 4.01. The van der Waals surface area contributed by atoms with Crippen LogP contribution in [0.15, 0.2) is 33.8 Å². The third-order valence-electron chi connectivity index (χ3n) is 2.25. The van der Waals surface area contributed by atoms with E-state index in [-0.39, 0.29) is 5.56 Å². The summed E-state index contributed by atoms with van der Waals surface area (Å²) >= 11 is 2.87. The van der Waals surface area contributed by atoms with Crippen molar-refractivity contribution in [2.24, 2.45) is 0 Å². The Hall–Kier alpha value is -1.66. The molecule has 0 saturated carbocycles. The maximum atomic E-state index is 11.9. The molecule has 3 heterocycles. The highest BCUT2D eigenvalue weighted by Gasteiger charge is 2.11. The zero-order valence-electron chi connectivity index (χ0n) is 8.08. The number of aromatic nitrogens is 2. The molecule has 0 aliphatic rings. The molecule has 3 rings (SSSR count). The first-order valence-electron chi connectivity index (χ1n) is 4.56. The van der Waals surface area contributed by atoms with Crippen LogP contribution in [0, 0.1) is 0 Å². The largest absolute Gasteiger partial charge is 0.334 e. The first-order valence-corrected chi connectivity index (χ1v) is 6.32. The summed E-state index contributed by atoms with van der Waals surface area (Å²) in [5.74, 6) is 6.27.